The Morgan fingerprint density at radius 2 is 1.83 bits per heavy atom. The molecule has 2 aromatic heterocycles. The van der Waals surface area contributed by atoms with Gasteiger partial charge in [-0.25, -0.2) is 9.37 Å². The predicted octanol–water partition coefficient (Wildman–Crippen LogP) is 3.95. The normalized spacial score (nSPS) is 11.7. The van der Waals surface area contributed by atoms with Crippen LogP contribution in [0.2, 0.25) is 0 Å². The van der Waals surface area contributed by atoms with Crippen molar-refractivity contribution in [3.05, 3.63) is 65.9 Å². The Hall–Kier alpha value is -2.69. The van der Waals surface area contributed by atoms with Gasteiger partial charge in [0.1, 0.15) is 11.5 Å². The molecule has 0 atom stereocenters. The monoisotopic (exact) mass is 325 g/mol. The first-order valence-corrected chi connectivity index (χ1v) is 7.85. The van der Waals surface area contributed by atoms with Crippen molar-refractivity contribution >= 4 is 17.2 Å². The van der Waals surface area contributed by atoms with Gasteiger partial charge in [0.05, 0.1) is 12.1 Å². The highest BCUT2D eigenvalue weighted by atomic mass is 19.1. The average molecular weight is 325 g/mol. The smallest absolute Gasteiger partial charge is 0.230 e. The van der Waals surface area contributed by atoms with Gasteiger partial charge in [0.25, 0.3) is 0 Å². The Kier molecular flexibility index (Phi) is 4.09. The number of benzene rings is 1. The molecule has 24 heavy (non-hydrogen) atoms. The summed E-state index contributed by atoms with van der Waals surface area (Å²) in [5.41, 5.74) is 3.26. The Bertz CT molecular complexity index is 876. The van der Waals surface area contributed by atoms with E-state index in [0.717, 1.165) is 5.69 Å². The van der Waals surface area contributed by atoms with Crippen molar-refractivity contribution in [1.82, 2.24) is 9.38 Å². The van der Waals surface area contributed by atoms with Crippen LogP contribution in [0.15, 0.2) is 48.8 Å². The number of halogens is 1. The number of carbonyl (C=O) groups is 1. The van der Waals surface area contributed by atoms with Crippen molar-refractivity contribution < 1.29 is 9.18 Å². The molecule has 0 fully saturated rings. The van der Waals surface area contributed by atoms with Crippen molar-refractivity contribution in [2.45, 2.75) is 32.6 Å². The number of fused-ring (bicyclic) bond motifs is 1. The van der Waals surface area contributed by atoms with Crippen LogP contribution in [-0.4, -0.2) is 15.3 Å². The minimum Gasteiger partial charge on any atom is -0.326 e. The second kappa shape index (κ2) is 6.07. The van der Waals surface area contributed by atoms with Crippen LogP contribution in [0.5, 0.6) is 0 Å². The van der Waals surface area contributed by atoms with Crippen LogP contribution < -0.4 is 5.32 Å². The summed E-state index contributed by atoms with van der Waals surface area (Å²) >= 11 is 0. The van der Waals surface area contributed by atoms with Gasteiger partial charge in [-0.2, -0.15) is 0 Å². The summed E-state index contributed by atoms with van der Waals surface area (Å²) in [5.74, 6) is -0.489. The molecule has 0 saturated heterocycles. The highest BCUT2D eigenvalue weighted by Crippen LogP contribution is 2.23. The van der Waals surface area contributed by atoms with Gasteiger partial charge in [-0.05, 0) is 35.2 Å². The highest BCUT2D eigenvalue weighted by molar-refractivity contribution is 5.92. The number of carbonyl (C=O) groups excluding carboxylic acids is 1. The lowest BCUT2D eigenvalue weighted by Crippen LogP contribution is -2.15. The molecule has 0 aliphatic heterocycles. The minimum atomic E-state index is -0.338. The maximum absolute atomic E-state index is 13.2. The van der Waals surface area contributed by atoms with Gasteiger partial charge < -0.3 is 9.72 Å². The number of aromatic nitrogens is 2. The van der Waals surface area contributed by atoms with E-state index in [1.165, 1.54) is 17.8 Å². The molecule has 0 radical (unpaired) electrons. The first kappa shape index (κ1) is 16.2. The lowest BCUT2D eigenvalue weighted by Gasteiger charge is -2.19. The first-order chi connectivity index (χ1) is 11.3. The van der Waals surface area contributed by atoms with E-state index >= 15 is 0 Å². The fourth-order valence-electron chi connectivity index (χ4n) is 2.53. The van der Waals surface area contributed by atoms with Crippen LogP contribution in [0.3, 0.4) is 0 Å². The Morgan fingerprint density at radius 3 is 2.50 bits per heavy atom. The summed E-state index contributed by atoms with van der Waals surface area (Å²) in [7, 11) is 0. The van der Waals surface area contributed by atoms with Crippen molar-refractivity contribution in [1.29, 1.82) is 0 Å². The van der Waals surface area contributed by atoms with Gasteiger partial charge in [0, 0.05) is 18.1 Å². The Balaban J connectivity index is 1.68. The van der Waals surface area contributed by atoms with Crippen molar-refractivity contribution in [2.75, 3.05) is 5.32 Å². The van der Waals surface area contributed by atoms with Crippen LogP contribution in [-0.2, 0) is 16.6 Å². The zero-order valence-corrected chi connectivity index (χ0v) is 14.0. The molecule has 0 aliphatic rings. The maximum Gasteiger partial charge on any atom is 0.230 e. The zero-order valence-electron chi connectivity index (χ0n) is 14.0. The van der Waals surface area contributed by atoms with Gasteiger partial charge in [-0.15, -0.1) is 0 Å². The van der Waals surface area contributed by atoms with Crippen LogP contribution in [0, 0.1) is 5.82 Å². The molecule has 0 unspecified atom stereocenters. The summed E-state index contributed by atoms with van der Waals surface area (Å²) in [6.07, 6.45) is 3.15. The molecule has 124 valence electrons. The summed E-state index contributed by atoms with van der Waals surface area (Å²) in [6, 6.07) is 10.8. The summed E-state index contributed by atoms with van der Waals surface area (Å²) < 4.78 is 14.8. The molecule has 0 bridgehead atoms. The molecule has 4 nitrogen and oxygen atoms in total. The summed E-state index contributed by atoms with van der Waals surface area (Å²) in [6.45, 7) is 6.44. The standard InChI is InChI=1S/C19H20FN3O/c1-19(2,3)13-4-7-15(8-5-13)22-18(24)10-16-12-23-11-14(20)6-9-17(23)21-16/h4-9,11-12H,10H2,1-3H3,(H,22,24). The minimum absolute atomic E-state index is 0.0777. The van der Waals surface area contributed by atoms with E-state index in [2.05, 4.69) is 31.1 Å². The number of nitrogens with zero attached hydrogens (tertiary/aromatic N) is 2. The quantitative estimate of drug-likeness (QED) is 0.792. The number of hydrogen-bond donors (Lipinski definition) is 1. The summed E-state index contributed by atoms with van der Waals surface area (Å²) in [5, 5.41) is 2.86. The molecular formula is C19H20FN3O. The van der Waals surface area contributed by atoms with E-state index < -0.39 is 0 Å². The van der Waals surface area contributed by atoms with E-state index in [-0.39, 0.29) is 23.6 Å². The molecule has 3 aromatic rings. The molecule has 1 aromatic carbocycles. The number of amides is 1. The molecule has 5 heteroatoms. The second-order valence-corrected chi connectivity index (χ2v) is 6.90. The maximum atomic E-state index is 13.2. The molecule has 2 heterocycles. The van der Waals surface area contributed by atoms with Crippen LogP contribution in [0.1, 0.15) is 32.0 Å². The zero-order chi connectivity index (χ0) is 17.3. The largest absolute Gasteiger partial charge is 0.326 e. The van der Waals surface area contributed by atoms with E-state index in [0.29, 0.717) is 11.3 Å². The first-order valence-electron chi connectivity index (χ1n) is 7.85. The third kappa shape index (κ3) is 3.62. The Morgan fingerprint density at radius 1 is 1.12 bits per heavy atom. The van der Waals surface area contributed by atoms with Gasteiger partial charge in [0.2, 0.25) is 5.91 Å². The molecule has 3 rings (SSSR count). The Labute approximate surface area is 140 Å². The van der Waals surface area contributed by atoms with Gasteiger partial charge >= 0.3 is 0 Å². The predicted molar refractivity (Wildman–Crippen MR) is 92.6 cm³/mol. The number of pyridine rings is 1. The molecule has 1 N–H and O–H groups in total. The molecule has 0 saturated carbocycles. The molecule has 0 spiro atoms. The number of imidazole rings is 1. The number of nitrogens with one attached hydrogen (secondary N) is 1. The number of hydrogen-bond acceptors (Lipinski definition) is 2. The molecule has 0 aliphatic carbocycles. The highest BCUT2D eigenvalue weighted by Gasteiger charge is 2.13. The van der Waals surface area contributed by atoms with Crippen LogP contribution in [0.4, 0.5) is 10.1 Å². The lowest BCUT2D eigenvalue weighted by atomic mass is 9.87. The lowest BCUT2D eigenvalue weighted by molar-refractivity contribution is -0.115. The fourth-order valence-corrected chi connectivity index (χ4v) is 2.53. The van der Waals surface area contributed by atoms with Crippen molar-refractivity contribution in [3.63, 3.8) is 0 Å². The fraction of sp³-hybridized carbons (Fsp3) is 0.263. The third-order valence-corrected chi connectivity index (χ3v) is 3.84. The molecule has 1 amide bonds. The second-order valence-electron chi connectivity index (χ2n) is 6.90. The number of rotatable bonds is 3. The van der Waals surface area contributed by atoms with Crippen LogP contribution in [0.25, 0.3) is 5.65 Å². The van der Waals surface area contributed by atoms with Gasteiger partial charge in [0.15, 0.2) is 0 Å². The molecular weight excluding hydrogens is 305 g/mol. The van der Waals surface area contributed by atoms with E-state index in [9.17, 15) is 9.18 Å². The third-order valence-electron chi connectivity index (χ3n) is 3.84. The van der Waals surface area contributed by atoms with E-state index in [4.69, 9.17) is 0 Å². The van der Waals surface area contributed by atoms with Crippen molar-refractivity contribution in [2.24, 2.45) is 0 Å². The summed E-state index contributed by atoms with van der Waals surface area (Å²) in [4.78, 5) is 16.5. The van der Waals surface area contributed by atoms with Gasteiger partial charge in [-0.1, -0.05) is 32.9 Å². The van der Waals surface area contributed by atoms with E-state index in [1.807, 2.05) is 24.3 Å². The van der Waals surface area contributed by atoms with Gasteiger partial charge in [-0.3, -0.25) is 4.79 Å². The van der Waals surface area contributed by atoms with Crippen molar-refractivity contribution in [3.8, 4) is 0 Å². The number of anilines is 1. The SMILES string of the molecule is CC(C)(C)c1ccc(NC(=O)Cc2cn3cc(F)ccc3n2)cc1. The topological polar surface area (TPSA) is 46.4 Å². The van der Waals surface area contributed by atoms with Crippen LogP contribution >= 0.6 is 0 Å². The average Bonchev–Trinajstić information content (AvgIpc) is 2.87. The van der Waals surface area contributed by atoms with E-state index in [1.54, 1.807) is 16.7 Å².